The summed E-state index contributed by atoms with van der Waals surface area (Å²) < 4.78 is 24.6. The van der Waals surface area contributed by atoms with Crippen LogP contribution in [0.5, 0.6) is 5.75 Å². The largest absolute Gasteiger partial charge is 0.467 e. The number of methoxy groups -OCH3 is 1. The lowest BCUT2D eigenvalue weighted by molar-refractivity contribution is 0.0509. The van der Waals surface area contributed by atoms with Gasteiger partial charge >= 0.3 is 0 Å². The van der Waals surface area contributed by atoms with Crippen LogP contribution in [0.25, 0.3) is 5.57 Å². The van der Waals surface area contributed by atoms with E-state index in [2.05, 4.69) is 15.9 Å². The molecule has 0 amide bonds. The topological polar surface area (TPSA) is 18.5 Å². The maximum Gasteiger partial charge on any atom is 0.188 e. The minimum atomic E-state index is -0.276. The van der Waals surface area contributed by atoms with Gasteiger partial charge < -0.3 is 9.47 Å². The Morgan fingerprint density at radius 1 is 1.19 bits per heavy atom. The third-order valence-corrected chi connectivity index (χ3v) is 3.49. The van der Waals surface area contributed by atoms with E-state index in [-0.39, 0.29) is 12.6 Å². The van der Waals surface area contributed by atoms with Gasteiger partial charge in [0, 0.05) is 23.8 Å². The van der Waals surface area contributed by atoms with Gasteiger partial charge in [-0.15, -0.1) is 0 Å². The van der Waals surface area contributed by atoms with Crippen molar-refractivity contribution in [2.24, 2.45) is 0 Å². The summed E-state index contributed by atoms with van der Waals surface area (Å²) in [5.74, 6) is 0.374. The lowest BCUT2D eigenvalue weighted by Gasteiger charge is -2.15. The molecule has 0 aliphatic heterocycles. The van der Waals surface area contributed by atoms with E-state index in [0.717, 1.165) is 16.7 Å². The Kier molecular flexibility index (Phi) is 5.53. The van der Waals surface area contributed by atoms with Gasteiger partial charge in [-0.2, -0.15) is 0 Å². The lowest BCUT2D eigenvalue weighted by atomic mass is 9.97. The van der Waals surface area contributed by atoms with Crippen LogP contribution in [0.1, 0.15) is 16.7 Å². The SMILES string of the molecule is COCOc1ccc(C)cc1C(=CBr)c1ccccc1F. The summed E-state index contributed by atoms with van der Waals surface area (Å²) >= 11 is 3.33. The molecule has 110 valence electrons. The summed E-state index contributed by atoms with van der Waals surface area (Å²) in [6.07, 6.45) is 0. The molecule has 21 heavy (non-hydrogen) atoms. The quantitative estimate of drug-likeness (QED) is 0.714. The van der Waals surface area contributed by atoms with Gasteiger partial charge in [-0.05, 0) is 30.1 Å². The number of hydrogen-bond donors (Lipinski definition) is 0. The zero-order valence-electron chi connectivity index (χ0n) is 11.9. The first-order valence-electron chi connectivity index (χ1n) is 6.45. The van der Waals surface area contributed by atoms with E-state index in [9.17, 15) is 4.39 Å². The molecule has 0 aromatic heterocycles. The Labute approximate surface area is 132 Å². The van der Waals surface area contributed by atoms with Crippen LogP contribution in [0.2, 0.25) is 0 Å². The molecule has 0 atom stereocenters. The third kappa shape index (κ3) is 3.71. The van der Waals surface area contributed by atoms with Crippen LogP contribution in [0.4, 0.5) is 4.39 Å². The molecule has 2 aromatic rings. The summed E-state index contributed by atoms with van der Waals surface area (Å²) in [6, 6.07) is 12.4. The second kappa shape index (κ2) is 7.38. The van der Waals surface area contributed by atoms with Crippen molar-refractivity contribution in [3.63, 3.8) is 0 Å². The molecule has 4 heteroatoms. The molecule has 0 aliphatic carbocycles. The Hall–Kier alpha value is -1.65. The molecule has 2 aromatic carbocycles. The normalized spacial score (nSPS) is 11.5. The van der Waals surface area contributed by atoms with Gasteiger partial charge in [0.1, 0.15) is 11.6 Å². The van der Waals surface area contributed by atoms with E-state index >= 15 is 0 Å². The standard InChI is InChI=1S/C17H16BrFO2/c1-12-7-8-17(21-11-20-2)14(9-12)15(10-18)13-5-3-4-6-16(13)19/h3-10H,11H2,1-2H3. The molecule has 0 N–H and O–H groups in total. The van der Waals surface area contributed by atoms with Crippen molar-refractivity contribution in [3.8, 4) is 5.75 Å². The number of rotatable bonds is 5. The molecular formula is C17H16BrFO2. The molecule has 0 fully saturated rings. The minimum Gasteiger partial charge on any atom is -0.467 e. The van der Waals surface area contributed by atoms with E-state index in [1.807, 2.05) is 25.1 Å². The van der Waals surface area contributed by atoms with E-state index < -0.39 is 0 Å². The molecule has 2 nitrogen and oxygen atoms in total. The van der Waals surface area contributed by atoms with Crippen LogP contribution < -0.4 is 4.74 Å². The minimum absolute atomic E-state index is 0.142. The first-order chi connectivity index (χ1) is 10.2. The average molecular weight is 351 g/mol. The fourth-order valence-corrected chi connectivity index (χ4v) is 2.54. The molecule has 0 heterocycles. The predicted molar refractivity (Wildman–Crippen MR) is 86.1 cm³/mol. The van der Waals surface area contributed by atoms with Gasteiger partial charge in [-0.3, -0.25) is 0 Å². The van der Waals surface area contributed by atoms with Crippen LogP contribution in [-0.2, 0) is 4.74 Å². The smallest absolute Gasteiger partial charge is 0.188 e. The van der Waals surface area contributed by atoms with Crippen LogP contribution in [0.3, 0.4) is 0 Å². The highest BCUT2D eigenvalue weighted by Crippen LogP contribution is 2.34. The Balaban J connectivity index is 2.52. The Morgan fingerprint density at radius 3 is 2.62 bits per heavy atom. The number of ether oxygens (including phenoxy) is 2. The van der Waals surface area contributed by atoms with Crippen molar-refractivity contribution >= 4 is 21.5 Å². The van der Waals surface area contributed by atoms with Gasteiger partial charge in [0.2, 0.25) is 0 Å². The third-order valence-electron chi connectivity index (χ3n) is 3.03. The zero-order valence-corrected chi connectivity index (χ0v) is 13.5. The zero-order chi connectivity index (χ0) is 15.2. The monoisotopic (exact) mass is 350 g/mol. The van der Waals surface area contributed by atoms with Crippen molar-refractivity contribution in [2.45, 2.75) is 6.92 Å². The van der Waals surface area contributed by atoms with Gasteiger partial charge in [0.05, 0.1) is 0 Å². The highest BCUT2D eigenvalue weighted by molar-refractivity contribution is 9.11. The molecule has 0 saturated carbocycles. The Bertz CT molecular complexity index is 653. The molecule has 2 rings (SSSR count). The number of halogens is 2. The second-order valence-electron chi connectivity index (χ2n) is 4.55. The summed E-state index contributed by atoms with van der Waals surface area (Å²) in [4.78, 5) is 1.71. The number of aryl methyl sites for hydroxylation is 1. The molecule has 0 spiro atoms. The summed E-state index contributed by atoms with van der Waals surface area (Å²) in [7, 11) is 1.56. The first-order valence-corrected chi connectivity index (χ1v) is 7.37. The van der Waals surface area contributed by atoms with Crippen LogP contribution in [0, 0.1) is 12.7 Å². The highest BCUT2D eigenvalue weighted by Gasteiger charge is 2.14. The molecule has 0 aliphatic rings. The van der Waals surface area contributed by atoms with Gasteiger partial charge in [0.25, 0.3) is 0 Å². The van der Waals surface area contributed by atoms with Crippen LogP contribution in [-0.4, -0.2) is 13.9 Å². The van der Waals surface area contributed by atoms with Gasteiger partial charge in [-0.25, -0.2) is 4.39 Å². The first kappa shape index (κ1) is 15.7. The van der Waals surface area contributed by atoms with Crippen molar-refractivity contribution in [3.05, 3.63) is 70.0 Å². The summed E-state index contributed by atoms with van der Waals surface area (Å²) in [6.45, 7) is 2.12. The maximum atomic E-state index is 14.1. The Morgan fingerprint density at radius 2 is 1.95 bits per heavy atom. The van der Waals surface area contributed by atoms with E-state index in [0.29, 0.717) is 11.3 Å². The van der Waals surface area contributed by atoms with Crippen molar-refractivity contribution in [1.82, 2.24) is 0 Å². The fraction of sp³-hybridized carbons (Fsp3) is 0.176. The van der Waals surface area contributed by atoms with E-state index in [4.69, 9.17) is 9.47 Å². The van der Waals surface area contributed by atoms with Gasteiger partial charge in [0.15, 0.2) is 6.79 Å². The number of benzene rings is 2. The average Bonchev–Trinajstić information content (AvgIpc) is 2.49. The molecule has 0 saturated heterocycles. The van der Waals surface area contributed by atoms with Crippen molar-refractivity contribution < 1.29 is 13.9 Å². The number of hydrogen-bond acceptors (Lipinski definition) is 2. The highest BCUT2D eigenvalue weighted by atomic mass is 79.9. The molecule has 0 radical (unpaired) electrons. The van der Waals surface area contributed by atoms with E-state index in [1.165, 1.54) is 6.07 Å². The van der Waals surface area contributed by atoms with Crippen LogP contribution in [0.15, 0.2) is 47.4 Å². The van der Waals surface area contributed by atoms with Crippen molar-refractivity contribution in [1.29, 1.82) is 0 Å². The lowest BCUT2D eigenvalue weighted by Crippen LogP contribution is -2.02. The molecular weight excluding hydrogens is 335 g/mol. The maximum absolute atomic E-state index is 14.1. The molecule has 0 unspecified atom stereocenters. The molecule has 0 bridgehead atoms. The van der Waals surface area contributed by atoms with E-state index in [1.54, 1.807) is 30.3 Å². The fourth-order valence-electron chi connectivity index (χ4n) is 2.04. The van der Waals surface area contributed by atoms with Crippen molar-refractivity contribution in [2.75, 3.05) is 13.9 Å². The second-order valence-corrected chi connectivity index (χ2v) is 5.01. The predicted octanol–water partition coefficient (Wildman–Crippen LogP) is 4.90. The summed E-state index contributed by atoms with van der Waals surface area (Å²) in [5, 5.41) is 0. The van der Waals surface area contributed by atoms with Crippen LogP contribution >= 0.6 is 15.9 Å². The summed E-state index contributed by atoms with van der Waals surface area (Å²) in [5.41, 5.74) is 3.12. The van der Waals surface area contributed by atoms with Gasteiger partial charge in [-0.1, -0.05) is 45.8 Å².